The summed E-state index contributed by atoms with van der Waals surface area (Å²) in [6.45, 7) is 6.87. The Labute approximate surface area is 185 Å². The first-order valence-corrected chi connectivity index (χ1v) is 10.8. The molecule has 9 nitrogen and oxygen atoms in total. The molecule has 5 rings (SSSR count). The molecule has 4 aromatic rings. The van der Waals surface area contributed by atoms with E-state index < -0.39 is 5.60 Å². The van der Waals surface area contributed by atoms with E-state index in [-0.39, 0.29) is 12.1 Å². The molecule has 0 saturated carbocycles. The topological polar surface area (TPSA) is 98.2 Å². The molecule has 0 radical (unpaired) electrons. The number of benzene rings is 1. The fourth-order valence-corrected chi connectivity index (χ4v) is 4.02. The van der Waals surface area contributed by atoms with Gasteiger partial charge in [0.1, 0.15) is 23.1 Å². The lowest BCUT2D eigenvalue weighted by Gasteiger charge is -2.33. The minimum Gasteiger partial charge on any atom is -0.444 e. The third kappa shape index (κ3) is 3.98. The Balaban J connectivity index is 1.33. The molecule has 4 heterocycles. The van der Waals surface area contributed by atoms with E-state index in [1.165, 1.54) is 6.33 Å². The van der Waals surface area contributed by atoms with Crippen molar-refractivity contribution in [2.24, 2.45) is 0 Å². The van der Waals surface area contributed by atoms with Crippen LogP contribution in [0.15, 0.2) is 43.0 Å². The molecule has 166 valence electrons. The molecule has 1 aromatic carbocycles. The normalized spacial score (nSPS) is 15.4. The number of fused-ring (bicyclic) bond motifs is 2. The third-order valence-electron chi connectivity index (χ3n) is 5.56. The summed E-state index contributed by atoms with van der Waals surface area (Å²) in [6.07, 6.45) is 6.44. The van der Waals surface area contributed by atoms with E-state index in [1.54, 1.807) is 11.1 Å². The Hall–Kier alpha value is -3.62. The van der Waals surface area contributed by atoms with Crippen LogP contribution < -0.4 is 4.74 Å². The SMILES string of the molecule is CC(C)(C)OC(=O)N1CCC(n2ncc3c(Oc4ccc5[nH]ccc5c4)ncnc32)CC1. The van der Waals surface area contributed by atoms with Crippen molar-refractivity contribution in [2.75, 3.05) is 13.1 Å². The first kappa shape index (κ1) is 20.3. The van der Waals surface area contributed by atoms with Gasteiger partial charge in [0, 0.05) is 30.2 Å². The summed E-state index contributed by atoms with van der Waals surface area (Å²) in [7, 11) is 0. The molecular formula is C23H26N6O3. The van der Waals surface area contributed by atoms with Crippen LogP contribution >= 0.6 is 0 Å². The van der Waals surface area contributed by atoms with E-state index in [4.69, 9.17) is 9.47 Å². The number of piperidine rings is 1. The molecule has 0 spiro atoms. The Morgan fingerprint density at radius 3 is 2.75 bits per heavy atom. The standard InChI is InChI=1S/C23H26N6O3/c1-23(2,3)32-22(30)28-10-7-16(8-11-28)29-20-18(13-27-29)21(26-14-25-20)31-17-4-5-19-15(12-17)6-9-24-19/h4-6,9,12-14,16,24H,7-8,10-11H2,1-3H3. The van der Waals surface area contributed by atoms with Crippen LogP contribution in [0.2, 0.25) is 0 Å². The van der Waals surface area contributed by atoms with Crippen molar-refractivity contribution in [2.45, 2.75) is 45.3 Å². The second-order valence-electron chi connectivity index (χ2n) is 9.03. The highest BCUT2D eigenvalue weighted by Gasteiger charge is 2.29. The van der Waals surface area contributed by atoms with Crippen molar-refractivity contribution in [1.29, 1.82) is 0 Å². The highest BCUT2D eigenvalue weighted by Crippen LogP contribution is 2.31. The molecule has 1 aliphatic rings. The van der Waals surface area contributed by atoms with Gasteiger partial charge in [-0.3, -0.25) is 0 Å². The van der Waals surface area contributed by atoms with Crippen LogP contribution in [-0.4, -0.2) is 54.4 Å². The van der Waals surface area contributed by atoms with Gasteiger partial charge < -0.3 is 19.4 Å². The maximum absolute atomic E-state index is 12.3. The number of hydrogen-bond acceptors (Lipinski definition) is 6. The first-order valence-electron chi connectivity index (χ1n) is 10.8. The largest absolute Gasteiger partial charge is 0.444 e. The lowest BCUT2D eigenvalue weighted by Crippen LogP contribution is -2.42. The van der Waals surface area contributed by atoms with Crippen LogP contribution in [0.5, 0.6) is 11.6 Å². The van der Waals surface area contributed by atoms with Gasteiger partial charge in [0.05, 0.1) is 12.2 Å². The van der Waals surface area contributed by atoms with Gasteiger partial charge >= 0.3 is 6.09 Å². The van der Waals surface area contributed by atoms with E-state index in [0.717, 1.165) is 34.8 Å². The van der Waals surface area contributed by atoms with Gasteiger partial charge in [-0.1, -0.05) is 0 Å². The zero-order valence-electron chi connectivity index (χ0n) is 18.4. The third-order valence-corrected chi connectivity index (χ3v) is 5.56. The summed E-state index contributed by atoms with van der Waals surface area (Å²) in [5.41, 5.74) is 1.29. The fourth-order valence-electron chi connectivity index (χ4n) is 4.02. The maximum atomic E-state index is 12.3. The molecule has 32 heavy (non-hydrogen) atoms. The highest BCUT2D eigenvalue weighted by molar-refractivity contribution is 5.82. The number of nitrogens with one attached hydrogen (secondary N) is 1. The van der Waals surface area contributed by atoms with Crippen molar-refractivity contribution < 1.29 is 14.3 Å². The molecule has 1 N–H and O–H groups in total. The Kier molecular flexibility index (Phi) is 4.96. The maximum Gasteiger partial charge on any atom is 0.410 e. The first-order chi connectivity index (χ1) is 15.4. The number of likely N-dealkylation sites (tertiary alicyclic amines) is 1. The highest BCUT2D eigenvalue weighted by atomic mass is 16.6. The minimum atomic E-state index is -0.495. The number of carbonyl (C=O) groups excluding carboxylic acids is 1. The van der Waals surface area contributed by atoms with E-state index in [0.29, 0.717) is 24.7 Å². The fraction of sp³-hybridized carbons (Fsp3) is 0.391. The summed E-state index contributed by atoms with van der Waals surface area (Å²) in [5.74, 6) is 1.18. The number of H-pyrrole nitrogens is 1. The number of ether oxygens (including phenoxy) is 2. The van der Waals surface area contributed by atoms with Crippen LogP contribution in [-0.2, 0) is 4.74 Å². The molecule has 3 aromatic heterocycles. The second kappa shape index (κ2) is 7.81. The van der Waals surface area contributed by atoms with E-state index in [2.05, 4.69) is 20.1 Å². The van der Waals surface area contributed by atoms with Crippen LogP contribution in [0.3, 0.4) is 0 Å². The Morgan fingerprint density at radius 1 is 1.16 bits per heavy atom. The number of hydrogen-bond donors (Lipinski definition) is 1. The number of carbonyl (C=O) groups is 1. The number of nitrogens with zero attached hydrogens (tertiary/aromatic N) is 5. The molecule has 1 fully saturated rings. The molecule has 0 bridgehead atoms. The number of amides is 1. The lowest BCUT2D eigenvalue weighted by atomic mass is 10.1. The van der Waals surface area contributed by atoms with Crippen LogP contribution in [0.1, 0.15) is 39.7 Å². The van der Waals surface area contributed by atoms with Crippen LogP contribution in [0.25, 0.3) is 21.9 Å². The van der Waals surface area contributed by atoms with Gasteiger partial charge in [-0.25, -0.2) is 19.4 Å². The van der Waals surface area contributed by atoms with Crippen molar-refractivity contribution >= 4 is 28.0 Å². The van der Waals surface area contributed by atoms with Crippen molar-refractivity contribution in [3.8, 4) is 11.6 Å². The minimum absolute atomic E-state index is 0.144. The van der Waals surface area contributed by atoms with E-state index in [9.17, 15) is 4.79 Å². The Bertz CT molecular complexity index is 1260. The predicted octanol–water partition coefficient (Wildman–Crippen LogP) is 4.67. The lowest BCUT2D eigenvalue weighted by molar-refractivity contribution is 0.0186. The zero-order chi connectivity index (χ0) is 22.3. The van der Waals surface area contributed by atoms with Crippen molar-refractivity contribution in [3.05, 3.63) is 43.0 Å². The summed E-state index contributed by atoms with van der Waals surface area (Å²) < 4.78 is 13.5. The summed E-state index contributed by atoms with van der Waals surface area (Å²) in [5, 5.41) is 6.42. The quantitative estimate of drug-likeness (QED) is 0.503. The predicted molar refractivity (Wildman–Crippen MR) is 120 cm³/mol. The monoisotopic (exact) mass is 434 g/mol. The van der Waals surface area contributed by atoms with Gasteiger partial charge in [0.15, 0.2) is 5.65 Å². The van der Waals surface area contributed by atoms with Crippen molar-refractivity contribution in [1.82, 2.24) is 29.6 Å². The summed E-state index contributed by atoms with van der Waals surface area (Å²) >= 11 is 0. The molecule has 0 unspecified atom stereocenters. The zero-order valence-corrected chi connectivity index (χ0v) is 18.4. The average Bonchev–Trinajstić information content (AvgIpc) is 3.40. The number of rotatable bonds is 3. The second-order valence-corrected chi connectivity index (χ2v) is 9.03. The molecule has 1 saturated heterocycles. The van der Waals surface area contributed by atoms with Gasteiger partial charge in [0.25, 0.3) is 0 Å². The van der Waals surface area contributed by atoms with Gasteiger partial charge in [-0.05, 0) is 57.9 Å². The summed E-state index contributed by atoms with van der Waals surface area (Å²) in [4.78, 5) is 26.1. The van der Waals surface area contributed by atoms with E-state index >= 15 is 0 Å². The van der Waals surface area contributed by atoms with Gasteiger partial charge in [-0.15, -0.1) is 0 Å². The number of aromatic nitrogens is 5. The molecule has 9 heteroatoms. The smallest absolute Gasteiger partial charge is 0.410 e. The molecule has 1 aliphatic heterocycles. The molecule has 0 aliphatic carbocycles. The van der Waals surface area contributed by atoms with Crippen molar-refractivity contribution in [3.63, 3.8) is 0 Å². The molecule has 0 atom stereocenters. The van der Waals surface area contributed by atoms with E-state index in [1.807, 2.05) is 55.9 Å². The summed E-state index contributed by atoms with van der Waals surface area (Å²) in [6, 6.07) is 8.00. The van der Waals surface area contributed by atoms with Crippen LogP contribution in [0, 0.1) is 0 Å². The molecule has 1 amide bonds. The average molecular weight is 435 g/mol. The van der Waals surface area contributed by atoms with Gasteiger partial charge in [0.2, 0.25) is 5.88 Å². The van der Waals surface area contributed by atoms with Crippen LogP contribution in [0.4, 0.5) is 4.79 Å². The van der Waals surface area contributed by atoms with Gasteiger partial charge in [-0.2, -0.15) is 5.10 Å². The Morgan fingerprint density at radius 2 is 1.97 bits per heavy atom. The molecular weight excluding hydrogens is 408 g/mol. The number of aromatic amines is 1.